The molecule has 3 aromatic rings. The SMILES string of the molecule is C=CC(=O)N1CCN(c2ncnc3c2CCCN(c2cccc4cccc(C)c24)C3)CC1. The van der Waals surface area contributed by atoms with Crippen LogP contribution in [0.2, 0.25) is 0 Å². The Morgan fingerprint density at radius 2 is 1.78 bits per heavy atom. The molecule has 0 radical (unpaired) electrons. The van der Waals surface area contributed by atoms with Gasteiger partial charge in [-0.2, -0.15) is 0 Å². The number of amides is 1. The minimum absolute atomic E-state index is 0.00666. The van der Waals surface area contributed by atoms with Crippen molar-refractivity contribution in [3.05, 3.63) is 72.2 Å². The van der Waals surface area contributed by atoms with Crippen LogP contribution in [0.5, 0.6) is 0 Å². The second-order valence-electron chi connectivity index (χ2n) is 8.61. The van der Waals surface area contributed by atoms with Crippen molar-refractivity contribution >= 4 is 28.2 Å². The maximum atomic E-state index is 11.9. The lowest BCUT2D eigenvalue weighted by Gasteiger charge is -2.36. The van der Waals surface area contributed by atoms with E-state index < -0.39 is 0 Å². The van der Waals surface area contributed by atoms with Crippen LogP contribution < -0.4 is 9.80 Å². The van der Waals surface area contributed by atoms with Crippen molar-refractivity contribution in [2.24, 2.45) is 0 Å². The fraction of sp³-hybridized carbons (Fsp3) is 0.346. The number of hydrogen-bond acceptors (Lipinski definition) is 5. The van der Waals surface area contributed by atoms with E-state index in [-0.39, 0.29) is 5.91 Å². The highest BCUT2D eigenvalue weighted by Gasteiger charge is 2.26. The Bertz CT molecular complexity index is 1160. The second-order valence-corrected chi connectivity index (χ2v) is 8.61. The van der Waals surface area contributed by atoms with Gasteiger partial charge in [-0.3, -0.25) is 4.79 Å². The van der Waals surface area contributed by atoms with Crippen LogP contribution >= 0.6 is 0 Å². The Kier molecular flexibility index (Phi) is 5.52. The molecular weight excluding hydrogens is 398 g/mol. The molecule has 6 heteroatoms. The van der Waals surface area contributed by atoms with Gasteiger partial charge in [-0.05, 0) is 42.9 Å². The summed E-state index contributed by atoms with van der Waals surface area (Å²) < 4.78 is 0. The van der Waals surface area contributed by atoms with E-state index in [1.165, 1.54) is 33.7 Å². The Morgan fingerprint density at radius 3 is 2.56 bits per heavy atom. The molecule has 2 aliphatic heterocycles. The lowest BCUT2D eigenvalue weighted by atomic mass is 10.0. The zero-order valence-electron chi connectivity index (χ0n) is 18.6. The number of carbonyl (C=O) groups is 1. The second kappa shape index (κ2) is 8.61. The van der Waals surface area contributed by atoms with Crippen LogP contribution in [0.4, 0.5) is 11.5 Å². The summed E-state index contributed by atoms with van der Waals surface area (Å²) in [7, 11) is 0. The average Bonchev–Trinajstić information content (AvgIpc) is 3.06. The van der Waals surface area contributed by atoms with Gasteiger partial charge in [0.15, 0.2) is 0 Å². The molecule has 2 aromatic carbocycles. The number of benzene rings is 2. The van der Waals surface area contributed by atoms with E-state index in [0.29, 0.717) is 13.1 Å². The number of carbonyl (C=O) groups excluding carboxylic acids is 1. The summed E-state index contributed by atoms with van der Waals surface area (Å²) in [5.74, 6) is 1.05. The summed E-state index contributed by atoms with van der Waals surface area (Å²) in [5, 5.41) is 2.61. The quantitative estimate of drug-likeness (QED) is 0.596. The molecule has 6 nitrogen and oxygen atoms in total. The third kappa shape index (κ3) is 3.70. The van der Waals surface area contributed by atoms with E-state index in [1.807, 2.05) is 4.90 Å². The van der Waals surface area contributed by atoms with Gasteiger partial charge >= 0.3 is 0 Å². The minimum Gasteiger partial charge on any atom is -0.365 e. The Labute approximate surface area is 189 Å². The van der Waals surface area contributed by atoms with Crippen molar-refractivity contribution in [2.45, 2.75) is 26.3 Å². The van der Waals surface area contributed by atoms with Crippen LogP contribution in [-0.4, -0.2) is 53.5 Å². The van der Waals surface area contributed by atoms with Crippen LogP contribution in [0.15, 0.2) is 55.4 Å². The molecule has 0 atom stereocenters. The number of anilines is 2. The standard InChI is InChI=1S/C26H29N5O/c1-3-24(32)29-13-15-30(16-14-29)26-21-10-6-12-31(17-22(21)27-18-28-26)23-11-5-9-20-8-4-7-19(2)25(20)23/h3-5,7-9,11,18H,1,6,10,12-17H2,2H3. The van der Waals surface area contributed by atoms with Crippen molar-refractivity contribution in [1.29, 1.82) is 0 Å². The number of aromatic nitrogens is 2. The topological polar surface area (TPSA) is 52.6 Å². The fourth-order valence-corrected chi connectivity index (χ4v) is 5.05. The van der Waals surface area contributed by atoms with Gasteiger partial charge in [-0.25, -0.2) is 9.97 Å². The molecular formula is C26H29N5O. The number of hydrogen-bond donors (Lipinski definition) is 0. The van der Waals surface area contributed by atoms with E-state index in [0.717, 1.165) is 50.5 Å². The normalized spacial score (nSPS) is 16.6. The van der Waals surface area contributed by atoms with E-state index in [2.05, 4.69) is 64.7 Å². The van der Waals surface area contributed by atoms with E-state index >= 15 is 0 Å². The summed E-state index contributed by atoms with van der Waals surface area (Å²) >= 11 is 0. The lowest BCUT2D eigenvalue weighted by Crippen LogP contribution is -2.48. The molecule has 1 fully saturated rings. The highest BCUT2D eigenvalue weighted by molar-refractivity contribution is 5.97. The summed E-state index contributed by atoms with van der Waals surface area (Å²) in [4.78, 5) is 28.0. The van der Waals surface area contributed by atoms with Crippen LogP contribution in [0.25, 0.3) is 10.8 Å². The fourth-order valence-electron chi connectivity index (χ4n) is 5.05. The molecule has 0 aliphatic carbocycles. The zero-order chi connectivity index (χ0) is 22.1. The van der Waals surface area contributed by atoms with Crippen molar-refractivity contribution in [1.82, 2.24) is 14.9 Å². The van der Waals surface area contributed by atoms with Crippen LogP contribution in [0, 0.1) is 6.92 Å². The molecule has 0 unspecified atom stereocenters. The predicted octanol–water partition coefficient (Wildman–Crippen LogP) is 3.73. The first kappa shape index (κ1) is 20.5. The zero-order valence-corrected chi connectivity index (χ0v) is 18.6. The third-order valence-electron chi connectivity index (χ3n) is 6.70. The molecule has 1 aromatic heterocycles. The van der Waals surface area contributed by atoms with Crippen molar-refractivity contribution in [2.75, 3.05) is 42.5 Å². The average molecular weight is 428 g/mol. The summed E-state index contributed by atoms with van der Waals surface area (Å²) in [5.41, 5.74) is 4.96. The summed E-state index contributed by atoms with van der Waals surface area (Å²) in [6, 6.07) is 13.1. The van der Waals surface area contributed by atoms with Crippen molar-refractivity contribution in [3.63, 3.8) is 0 Å². The van der Waals surface area contributed by atoms with Gasteiger partial charge in [0.05, 0.1) is 12.2 Å². The van der Waals surface area contributed by atoms with E-state index in [4.69, 9.17) is 4.98 Å². The van der Waals surface area contributed by atoms with E-state index in [9.17, 15) is 4.79 Å². The first-order chi connectivity index (χ1) is 15.7. The summed E-state index contributed by atoms with van der Waals surface area (Å²) in [6.45, 7) is 10.5. The molecule has 164 valence electrons. The Morgan fingerprint density at radius 1 is 1.00 bits per heavy atom. The molecule has 0 N–H and O–H groups in total. The molecule has 0 saturated carbocycles. The molecule has 5 rings (SSSR count). The van der Waals surface area contributed by atoms with Crippen LogP contribution in [-0.2, 0) is 17.8 Å². The van der Waals surface area contributed by atoms with Crippen LogP contribution in [0.3, 0.4) is 0 Å². The smallest absolute Gasteiger partial charge is 0.246 e. The number of fused-ring (bicyclic) bond motifs is 2. The van der Waals surface area contributed by atoms with Gasteiger partial charge in [0.1, 0.15) is 12.1 Å². The number of aryl methyl sites for hydroxylation is 1. The van der Waals surface area contributed by atoms with Gasteiger partial charge in [0.2, 0.25) is 5.91 Å². The van der Waals surface area contributed by atoms with Crippen molar-refractivity contribution < 1.29 is 4.79 Å². The lowest BCUT2D eigenvalue weighted by molar-refractivity contribution is -0.126. The Hall–Kier alpha value is -3.41. The summed E-state index contributed by atoms with van der Waals surface area (Å²) in [6.07, 6.45) is 5.13. The molecule has 3 heterocycles. The maximum absolute atomic E-state index is 11.9. The predicted molar refractivity (Wildman–Crippen MR) is 129 cm³/mol. The molecule has 32 heavy (non-hydrogen) atoms. The van der Waals surface area contributed by atoms with E-state index in [1.54, 1.807) is 6.33 Å². The first-order valence-corrected chi connectivity index (χ1v) is 11.4. The highest BCUT2D eigenvalue weighted by atomic mass is 16.2. The monoisotopic (exact) mass is 427 g/mol. The highest BCUT2D eigenvalue weighted by Crippen LogP contribution is 2.33. The number of rotatable bonds is 3. The molecule has 2 aliphatic rings. The van der Waals surface area contributed by atoms with Gasteiger partial charge < -0.3 is 14.7 Å². The molecule has 1 saturated heterocycles. The molecule has 1 amide bonds. The number of piperazine rings is 1. The maximum Gasteiger partial charge on any atom is 0.246 e. The van der Waals surface area contributed by atoms with Gasteiger partial charge in [-0.15, -0.1) is 0 Å². The van der Waals surface area contributed by atoms with Gasteiger partial charge in [0, 0.05) is 49.4 Å². The Balaban J connectivity index is 1.43. The van der Waals surface area contributed by atoms with Crippen LogP contribution in [0.1, 0.15) is 23.2 Å². The third-order valence-corrected chi connectivity index (χ3v) is 6.70. The number of nitrogens with zero attached hydrogens (tertiary/aromatic N) is 5. The molecule has 0 bridgehead atoms. The molecule has 0 spiro atoms. The van der Waals surface area contributed by atoms with Crippen molar-refractivity contribution in [3.8, 4) is 0 Å². The largest absolute Gasteiger partial charge is 0.365 e. The first-order valence-electron chi connectivity index (χ1n) is 11.4. The minimum atomic E-state index is 0.00666. The van der Waals surface area contributed by atoms with Gasteiger partial charge in [0.25, 0.3) is 0 Å². The van der Waals surface area contributed by atoms with Gasteiger partial charge in [-0.1, -0.05) is 36.9 Å².